The summed E-state index contributed by atoms with van der Waals surface area (Å²) in [6, 6.07) is 21.2. The zero-order valence-electron chi connectivity index (χ0n) is 18.6. The molecule has 1 unspecified atom stereocenters. The Bertz CT molecular complexity index is 1040. The normalized spacial score (nSPS) is 15.7. The van der Waals surface area contributed by atoms with Crippen molar-refractivity contribution in [2.75, 3.05) is 32.8 Å². The maximum absolute atomic E-state index is 5.70. The van der Waals surface area contributed by atoms with Crippen molar-refractivity contribution in [1.82, 2.24) is 0 Å². The number of hydrogen-bond acceptors (Lipinski definition) is 5. The third-order valence-corrected chi connectivity index (χ3v) is 7.16. The molecule has 0 N–H and O–H groups in total. The molecule has 0 aromatic heterocycles. The molecule has 162 valence electrons. The summed E-state index contributed by atoms with van der Waals surface area (Å²) < 4.78 is 16.6. The monoisotopic (exact) mass is 435 g/mol. The Morgan fingerprint density at radius 3 is 2.39 bits per heavy atom. The van der Waals surface area contributed by atoms with E-state index in [0.717, 1.165) is 42.3 Å². The molecule has 4 nitrogen and oxygen atoms in total. The highest BCUT2D eigenvalue weighted by molar-refractivity contribution is 7.99. The first-order chi connectivity index (χ1) is 15.1. The SMILES string of the molecule is COc1ccc(C2CCN(Cc3cccc(OC)c3OC)c3c(C)cccc3S2)cc1. The Balaban J connectivity index is 1.68. The van der Waals surface area contributed by atoms with Gasteiger partial charge in [-0.2, -0.15) is 0 Å². The van der Waals surface area contributed by atoms with Gasteiger partial charge in [-0.05, 0) is 48.7 Å². The van der Waals surface area contributed by atoms with Crippen LogP contribution in [-0.2, 0) is 6.54 Å². The molecule has 4 rings (SSSR count). The van der Waals surface area contributed by atoms with Crippen LogP contribution in [0.2, 0.25) is 0 Å². The fraction of sp³-hybridized carbons (Fsp3) is 0.308. The summed E-state index contributed by atoms with van der Waals surface area (Å²) in [5.74, 6) is 2.47. The smallest absolute Gasteiger partial charge is 0.165 e. The summed E-state index contributed by atoms with van der Waals surface area (Å²) >= 11 is 1.95. The van der Waals surface area contributed by atoms with Crippen LogP contribution in [0.15, 0.2) is 65.6 Å². The molecule has 0 saturated carbocycles. The van der Waals surface area contributed by atoms with Crippen LogP contribution in [0.5, 0.6) is 17.2 Å². The standard InChI is InChI=1S/C26H29NO3S/c1-18-7-5-10-24-25(18)27(17-20-8-6-9-22(29-3)26(20)30-4)16-15-23(31-24)19-11-13-21(28-2)14-12-19/h5-14,23H,15-17H2,1-4H3. The summed E-state index contributed by atoms with van der Waals surface area (Å²) in [6.07, 6.45) is 1.05. The fourth-order valence-corrected chi connectivity index (χ4v) is 5.61. The molecule has 0 spiro atoms. The average molecular weight is 436 g/mol. The lowest BCUT2D eigenvalue weighted by molar-refractivity contribution is 0.351. The number of rotatable bonds is 6. The van der Waals surface area contributed by atoms with E-state index in [1.54, 1.807) is 21.3 Å². The molecule has 0 saturated heterocycles. The molecule has 1 heterocycles. The van der Waals surface area contributed by atoms with E-state index in [0.29, 0.717) is 5.25 Å². The summed E-state index contributed by atoms with van der Waals surface area (Å²) in [5, 5.41) is 0.392. The van der Waals surface area contributed by atoms with E-state index in [2.05, 4.69) is 60.4 Å². The molecular formula is C26H29NO3S. The average Bonchev–Trinajstić information content (AvgIpc) is 2.99. The lowest BCUT2D eigenvalue weighted by Gasteiger charge is -2.27. The molecule has 31 heavy (non-hydrogen) atoms. The predicted octanol–water partition coefficient (Wildman–Crippen LogP) is 6.26. The van der Waals surface area contributed by atoms with E-state index < -0.39 is 0 Å². The van der Waals surface area contributed by atoms with Crippen molar-refractivity contribution in [2.24, 2.45) is 0 Å². The van der Waals surface area contributed by atoms with Gasteiger partial charge in [-0.25, -0.2) is 0 Å². The summed E-state index contributed by atoms with van der Waals surface area (Å²) in [6.45, 7) is 3.93. The molecule has 0 aliphatic carbocycles. The number of nitrogens with zero attached hydrogens (tertiary/aromatic N) is 1. The van der Waals surface area contributed by atoms with Gasteiger partial charge in [0.25, 0.3) is 0 Å². The Morgan fingerprint density at radius 1 is 0.903 bits per heavy atom. The number of ether oxygens (including phenoxy) is 3. The van der Waals surface area contributed by atoms with Gasteiger partial charge >= 0.3 is 0 Å². The lowest BCUT2D eigenvalue weighted by atomic mass is 10.1. The first kappa shape index (κ1) is 21.4. The van der Waals surface area contributed by atoms with Crippen LogP contribution in [0.25, 0.3) is 0 Å². The Hall–Kier alpha value is -2.79. The number of para-hydroxylation sites is 2. The van der Waals surface area contributed by atoms with Gasteiger partial charge in [-0.3, -0.25) is 0 Å². The molecule has 0 bridgehead atoms. The van der Waals surface area contributed by atoms with E-state index in [9.17, 15) is 0 Å². The number of methoxy groups -OCH3 is 3. The highest BCUT2D eigenvalue weighted by atomic mass is 32.2. The van der Waals surface area contributed by atoms with Crippen molar-refractivity contribution in [3.05, 3.63) is 77.4 Å². The molecule has 1 aliphatic heterocycles. The maximum atomic E-state index is 5.70. The molecule has 0 amide bonds. The third-order valence-electron chi connectivity index (χ3n) is 5.78. The van der Waals surface area contributed by atoms with Crippen molar-refractivity contribution >= 4 is 17.4 Å². The second kappa shape index (κ2) is 9.56. The highest BCUT2D eigenvalue weighted by Gasteiger charge is 2.25. The number of hydrogen-bond donors (Lipinski definition) is 0. The van der Waals surface area contributed by atoms with Crippen molar-refractivity contribution < 1.29 is 14.2 Å². The minimum atomic E-state index is 0.392. The summed E-state index contributed by atoms with van der Waals surface area (Å²) in [4.78, 5) is 3.80. The van der Waals surface area contributed by atoms with Crippen molar-refractivity contribution in [3.63, 3.8) is 0 Å². The number of thioether (sulfide) groups is 1. The molecule has 0 radical (unpaired) electrons. The summed E-state index contributed by atoms with van der Waals surface area (Å²) in [7, 11) is 5.10. The molecule has 3 aromatic rings. The van der Waals surface area contributed by atoms with Gasteiger partial charge in [0.15, 0.2) is 11.5 Å². The minimum absolute atomic E-state index is 0.392. The predicted molar refractivity (Wildman–Crippen MR) is 128 cm³/mol. The number of anilines is 1. The van der Waals surface area contributed by atoms with Crippen LogP contribution < -0.4 is 19.1 Å². The zero-order chi connectivity index (χ0) is 21.8. The van der Waals surface area contributed by atoms with Crippen LogP contribution in [-0.4, -0.2) is 27.9 Å². The van der Waals surface area contributed by atoms with Gasteiger partial charge < -0.3 is 19.1 Å². The second-order valence-electron chi connectivity index (χ2n) is 7.66. The van der Waals surface area contributed by atoms with Gasteiger partial charge in [-0.15, -0.1) is 11.8 Å². The fourth-order valence-electron chi connectivity index (χ4n) is 4.22. The van der Waals surface area contributed by atoms with E-state index >= 15 is 0 Å². The van der Waals surface area contributed by atoms with E-state index in [4.69, 9.17) is 14.2 Å². The van der Waals surface area contributed by atoms with Crippen molar-refractivity contribution in [3.8, 4) is 17.2 Å². The number of benzene rings is 3. The van der Waals surface area contributed by atoms with Crippen LogP contribution in [0.1, 0.15) is 28.4 Å². The Morgan fingerprint density at radius 2 is 1.68 bits per heavy atom. The Kier molecular flexibility index (Phi) is 6.62. The molecule has 5 heteroatoms. The van der Waals surface area contributed by atoms with E-state index in [1.807, 2.05) is 23.9 Å². The van der Waals surface area contributed by atoms with Gasteiger partial charge in [0.1, 0.15) is 5.75 Å². The molecular weight excluding hydrogens is 406 g/mol. The summed E-state index contributed by atoms with van der Waals surface area (Å²) in [5.41, 5.74) is 5.07. The van der Waals surface area contributed by atoms with Crippen LogP contribution in [0, 0.1) is 6.92 Å². The van der Waals surface area contributed by atoms with Gasteiger partial charge in [0.05, 0.1) is 27.0 Å². The van der Waals surface area contributed by atoms with Crippen molar-refractivity contribution in [2.45, 2.75) is 30.0 Å². The van der Waals surface area contributed by atoms with Crippen LogP contribution in [0.4, 0.5) is 5.69 Å². The topological polar surface area (TPSA) is 30.9 Å². The van der Waals surface area contributed by atoms with E-state index in [1.165, 1.54) is 21.7 Å². The van der Waals surface area contributed by atoms with Gasteiger partial charge in [0.2, 0.25) is 0 Å². The minimum Gasteiger partial charge on any atom is -0.497 e. The Labute approximate surface area is 189 Å². The second-order valence-corrected chi connectivity index (χ2v) is 8.91. The van der Waals surface area contributed by atoms with Crippen LogP contribution >= 0.6 is 11.8 Å². The highest BCUT2D eigenvalue weighted by Crippen LogP contribution is 2.47. The van der Waals surface area contributed by atoms with Crippen molar-refractivity contribution in [1.29, 1.82) is 0 Å². The van der Waals surface area contributed by atoms with Gasteiger partial charge in [-0.1, -0.05) is 36.4 Å². The molecule has 0 fully saturated rings. The number of fused-ring (bicyclic) bond motifs is 1. The van der Waals surface area contributed by atoms with Crippen LogP contribution in [0.3, 0.4) is 0 Å². The zero-order valence-corrected chi connectivity index (χ0v) is 19.4. The number of aryl methyl sites for hydroxylation is 1. The lowest BCUT2D eigenvalue weighted by Crippen LogP contribution is -2.25. The quantitative estimate of drug-likeness (QED) is 0.456. The first-order valence-corrected chi connectivity index (χ1v) is 11.4. The third kappa shape index (κ3) is 4.47. The molecule has 3 aromatic carbocycles. The largest absolute Gasteiger partial charge is 0.497 e. The molecule has 1 atom stereocenters. The molecule has 1 aliphatic rings. The first-order valence-electron chi connectivity index (χ1n) is 10.5. The van der Waals surface area contributed by atoms with E-state index in [-0.39, 0.29) is 0 Å². The maximum Gasteiger partial charge on any atom is 0.165 e. The van der Waals surface area contributed by atoms with Gasteiger partial charge in [0, 0.05) is 28.8 Å².